The number of pyridine rings is 1. The number of methoxy groups -OCH3 is 1. The summed E-state index contributed by atoms with van der Waals surface area (Å²) in [5, 5.41) is -0.00762. The first-order valence-electron chi connectivity index (χ1n) is 11.3. The molecule has 1 aliphatic rings. The lowest BCUT2D eigenvalue weighted by atomic mass is 10.1. The lowest BCUT2D eigenvalue weighted by Crippen LogP contribution is -2.37. The summed E-state index contributed by atoms with van der Waals surface area (Å²) in [6.07, 6.45) is 5.48. The molecule has 2 aromatic heterocycles. The Morgan fingerprint density at radius 3 is 2.47 bits per heavy atom. The van der Waals surface area contributed by atoms with E-state index in [1.54, 1.807) is 25.6 Å². The molecule has 0 unspecified atom stereocenters. The van der Waals surface area contributed by atoms with Gasteiger partial charge in [0.1, 0.15) is 11.6 Å². The first-order valence-corrected chi connectivity index (χ1v) is 13.2. The fraction of sp³-hybridized carbons (Fsp3) is 0.240. The van der Waals surface area contributed by atoms with Crippen molar-refractivity contribution in [2.24, 2.45) is 0 Å². The average Bonchev–Trinajstić information content (AvgIpc) is 2.89. The zero-order valence-electron chi connectivity index (χ0n) is 19.4. The quantitative estimate of drug-likeness (QED) is 0.356. The number of nitrogens with one attached hydrogen (secondary N) is 1. The fourth-order valence-electron chi connectivity index (χ4n) is 4.15. The van der Waals surface area contributed by atoms with Gasteiger partial charge >= 0.3 is 0 Å². The third kappa shape index (κ3) is 5.11. The van der Waals surface area contributed by atoms with E-state index in [-0.39, 0.29) is 21.8 Å². The molecule has 3 heterocycles. The van der Waals surface area contributed by atoms with Crippen molar-refractivity contribution in [3.05, 3.63) is 71.9 Å². The van der Waals surface area contributed by atoms with Gasteiger partial charge in [-0.15, -0.1) is 0 Å². The molecular formula is C25H23ClFN5O3S. The van der Waals surface area contributed by atoms with Gasteiger partial charge in [-0.2, -0.15) is 0 Å². The summed E-state index contributed by atoms with van der Waals surface area (Å²) in [4.78, 5) is 15.6. The van der Waals surface area contributed by atoms with Crippen molar-refractivity contribution in [3.8, 4) is 11.1 Å². The van der Waals surface area contributed by atoms with E-state index >= 15 is 0 Å². The maximum atomic E-state index is 13.2. The number of benzene rings is 2. The molecule has 0 amide bonds. The monoisotopic (exact) mass is 527 g/mol. The van der Waals surface area contributed by atoms with Crippen LogP contribution < -0.4 is 9.62 Å². The number of piperidine rings is 1. The summed E-state index contributed by atoms with van der Waals surface area (Å²) in [6, 6.07) is 11.7. The molecule has 0 radical (unpaired) electrons. The number of nitrogens with zero attached hydrogens (tertiary/aromatic N) is 4. The molecule has 0 aliphatic carbocycles. The van der Waals surface area contributed by atoms with Crippen molar-refractivity contribution < 1.29 is 17.5 Å². The van der Waals surface area contributed by atoms with Gasteiger partial charge in [0.05, 0.1) is 33.9 Å². The van der Waals surface area contributed by atoms with E-state index in [0.717, 1.165) is 55.0 Å². The van der Waals surface area contributed by atoms with Gasteiger partial charge in [-0.3, -0.25) is 9.71 Å². The highest BCUT2D eigenvalue weighted by Gasteiger charge is 2.21. The molecule has 2 aromatic carbocycles. The fourth-order valence-corrected chi connectivity index (χ4v) is 5.41. The average molecular weight is 528 g/mol. The minimum atomic E-state index is -3.99. The molecule has 5 rings (SSSR count). The number of hydrogen-bond donors (Lipinski definition) is 1. The number of sulfonamides is 1. The summed E-state index contributed by atoms with van der Waals surface area (Å²) in [7, 11) is -2.25. The molecule has 0 spiro atoms. The molecule has 1 saturated heterocycles. The van der Waals surface area contributed by atoms with Gasteiger partial charge in [-0.05, 0) is 60.9 Å². The van der Waals surface area contributed by atoms with Crippen molar-refractivity contribution in [1.82, 2.24) is 15.0 Å². The molecule has 1 N–H and O–H groups in total. The van der Waals surface area contributed by atoms with Crippen LogP contribution in [0.3, 0.4) is 0 Å². The van der Waals surface area contributed by atoms with Gasteiger partial charge in [-0.25, -0.2) is 22.8 Å². The smallest absolute Gasteiger partial charge is 0.261 e. The van der Waals surface area contributed by atoms with E-state index in [2.05, 4.69) is 19.6 Å². The standard InChI is InChI=1S/C25H23ClFN5O3S/c1-35-19-8-10-32(11-9-19)24-15-28-21-7-2-16(12-22(21)30-24)17-13-23(25(26)29-14-17)31-36(33,34)20-5-3-18(27)4-6-20/h2-7,12-15,19,31H,8-11H2,1H3. The number of anilines is 2. The molecule has 1 aliphatic heterocycles. The summed E-state index contributed by atoms with van der Waals surface area (Å²) < 4.78 is 46.6. The van der Waals surface area contributed by atoms with Gasteiger partial charge in [0.15, 0.2) is 5.15 Å². The topological polar surface area (TPSA) is 97.3 Å². The summed E-state index contributed by atoms with van der Waals surface area (Å²) in [6.45, 7) is 1.69. The molecule has 0 atom stereocenters. The summed E-state index contributed by atoms with van der Waals surface area (Å²) >= 11 is 6.19. The Labute approximate surface area is 213 Å². The number of rotatable bonds is 6. The number of fused-ring (bicyclic) bond motifs is 1. The maximum Gasteiger partial charge on any atom is 0.261 e. The van der Waals surface area contributed by atoms with Crippen molar-refractivity contribution in [2.45, 2.75) is 23.8 Å². The van der Waals surface area contributed by atoms with Crippen LogP contribution in [0.1, 0.15) is 12.8 Å². The van der Waals surface area contributed by atoms with Crippen LogP contribution in [0.4, 0.5) is 15.9 Å². The minimum absolute atomic E-state index is 0.00762. The Morgan fingerprint density at radius 2 is 1.75 bits per heavy atom. The molecule has 0 bridgehead atoms. The maximum absolute atomic E-state index is 13.2. The summed E-state index contributed by atoms with van der Waals surface area (Å²) in [5.74, 6) is 0.272. The van der Waals surface area contributed by atoms with Crippen LogP contribution in [0.5, 0.6) is 0 Å². The van der Waals surface area contributed by atoms with Gasteiger partial charge in [-0.1, -0.05) is 17.7 Å². The highest BCUT2D eigenvalue weighted by atomic mass is 35.5. The van der Waals surface area contributed by atoms with Crippen molar-refractivity contribution in [1.29, 1.82) is 0 Å². The molecule has 186 valence electrons. The first kappa shape index (κ1) is 24.4. The second-order valence-electron chi connectivity index (χ2n) is 8.48. The van der Waals surface area contributed by atoms with Gasteiger partial charge in [0, 0.05) is 32.0 Å². The second-order valence-corrected chi connectivity index (χ2v) is 10.5. The predicted molar refractivity (Wildman–Crippen MR) is 137 cm³/mol. The number of halogens is 2. The molecule has 4 aromatic rings. The van der Waals surface area contributed by atoms with E-state index < -0.39 is 15.8 Å². The van der Waals surface area contributed by atoms with Crippen molar-refractivity contribution >= 4 is 44.2 Å². The third-order valence-corrected chi connectivity index (χ3v) is 7.85. The van der Waals surface area contributed by atoms with Crippen LogP contribution >= 0.6 is 11.6 Å². The van der Waals surface area contributed by atoms with E-state index in [1.165, 1.54) is 12.1 Å². The predicted octanol–water partition coefficient (Wildman–Crippen LogP) is 4.90. The normalized spacial score (nSPS) is 14.8. The van der Waals surface area contributed by atoms with E-state index in [4.69, 9.17) is 21.3 Å². The zero-order chi connectivity index (χ0) is 25.3. The Bertz CT molecular complexity index is 1510. The van der Waals surface area contributed by atoms with E-state index in [9.17, 15) is 12.8 Å². The first-order chi connectivity index (χ1) is 17.3. The molecule has 1 fully saturated rings. The van der Waals surface area contributed by atoms with Crippen molar-refractivity contribution in [2.75, 3.05) is 29.8 Å². The van der Waals surface area contributed by atoms with Crippen molar-refractivity contribution in [3.63, 3.8) is 0 Å². The molecule has 11 heteroatoms. The third-order valence-electron chi connectivity index (χ3n) is 6.17. The highest BCUT2D eigenvalue weighted by Crippen LogP contribution is 2.30. The van der Waals surface area contributed by atoms with Crippen LogP contribution in [0.2, 0.25) is 5.15 Å². The molecule has 0 saturated carbocycles. The van der Waals surface area contributed by atoms with Crippen LogP contribution in [0, 0.1) is 5.82 Å². The molecule has 36 heavy (non-hydrogen) atoms. The number of aromatic nitrogens is 3. The largest absolute Gasteiger partial charge is 0.381 e. The highest BCUT2D eigenvalue weighted by molar-refractivity contribution is 7.92. The SMILES string of the molecule is COC1CCN(c2cnc3ccc(-c4cnc(Cl)c(NS(=O)(=O)c5ccc(F)cc5)c4)cc3n2)CC1. The van der Waals surface area contributed by atoms with Gasteiger partial charge in [0.25, 0.3) is 10.0 Å². The second kappa shape index (κ2) is 9.96. The van der Waals surface area contributed by atoms with Crippen LogP contribution in [-0.4, -0.2) is 49.7 Å². The minimum Gasteiger partial charge on any atom is -0.381 e. The van der Waals surface area contributed by atoms with Crippen LogP contribution in [0.15, 0.2) is 65.8 Å². The van der Waals surface area contributed by atoms with E-state index in [1.807, 2.05) is 18.2 Å². The molecular weight excluding hydrogens is 505 g/mol. The Balaban J connectivity index is 1.43. The van der Waals surface area contributed by atoms with E-state index in [0.29, 0.717) is 11.1 Å². The van der Waals surface area contributed by atoms with Gasteiger partial charge < -0.3 is 9.64 Å². The molecule has 8 nitrogen and oxygen atoms in total. The Kier molecular flexibility index (Phi) is 6.74. The zero-order valence-corrected chi connectivity index (χ0v) is 20.9. The lowest BCUT2D eigenvalue weighted by Gasteiger charge is -2.31. The van der Waals surface area contributed by atoms with Crippen LogP contribution in [-0.2, 0) is 14.8 Å². The van der Waals surface area contributed by atoms with Gasteiger partial charge in [0.2, 0.25) is 0 Å². The summed E-state index contributed by atoms with van der Waals surface area (Å²) in [5.41, 5.74) is 2.99. The number of hydrogen-bond acceptors (Lipinski definition) is 7. The van der Waals surface area contributed by atoms with Crippen LogP contribution in [0.25, 0.3) is 22.2 Å². The number of ether oxygens (including phenoxy) is 1. The lowest BCUT2D eigenvalue weighted by molar-refractivity contribution is 0.0818. The Morgan fingerprint density at radius 1 is 1.00 bits per heavy atom. The Hall–Kier alpha value is -3.34.